The summed E-state index contributed by atoms with van der Waals surface area (Å²) in [7, 11) is 0. The molecule has 61 heavy (non-hydrogen) atoms. The van der Waals surface area contributed by atoms with Gasteiger partial charge in [0.1, 0.15) is 22.5 Å². The Balaban J connectivity index is 0.771. The van der Waals surface area contributed by atoms with Crippen LogP contribution in [0.5, 0.6) is 5.75 Å². The second kappa shape index (κ2) is 17.3. The van der Waals surface area contributed by atoms with E-state index in [1.54, 1.807) is 34.8 Å². The monoisotopic (exact) mass is 860 g/mol. The van der Waals surface area contributed by atoms with E-state index in [9.17, 15) is 19.8 Å². The van der Waals surface area contributed by atoms with Crippen LogP contribution in [-0.2, 0) is 9.59 Å². The van der Waals surface area contributed by atoms with Crippen LogP contribution in [0.15, 0.2) is 76.8 Å². The summed E-state index contributed by atoms with van der Waals surface area (Å²) in [5.41, 5.74) is 6.22. The van der Waals surface area contributed by atoms with E-state index in [0.717, 1.165) is 83.3 Å². The first kappa shape index (κ1) is 41.1. The number of β-amino-alcohol motifs (C(OH)–C–C–N with tert-alkyl or cyclic N) is 1. The van der Waals surface area contributed by atoms with E-state index in [1.165, 1.54) is 9.78 Å². The van der Waals surface area contributed by atoms with Crippen LogP contribution in [0, 0.1) is 18.8 Å². The normalized spacial score (nSPS) is 20.0. The van der Waals surface area contributed by atoms with Gasteiger partial charge in [-0.3, -0.25) is 9.59 Å². The van der Waals surface area contributed by atoms with Crippen molar-refractivity contribution in [3.8, 4) is 27.4 Å². The number of aromatic nitrogens is 4. The predicted molar refractivity (Wildman–Crippen MR) is 238 cm³/mol. The van der Waals surface area contributed by atoms with Crippen molar-refractivity contribution in [1.29, 1.82) is 0 Å². The number of nitrogens with zero attached hydrogens (tertiary/aromatic N) is 7. The van der Waals surface area contributed by atoms with Crippen LogP contribution in [0.2, 0.25) is 0 Å². The molecule has 3 aliphatic rings. The van der Waals surface area contributed by atoms with E-state index in [1.807, 2.05) is 81.7 Å². The fourth-order valence-electron chi connectivity index (χ4n) is 9.19. The van der Waals surface area contributed by atoms with E-state index in [-0.39, 0.29) is 42.5 Å². The SMILES string of the molecule is Cc1ncsc1-c1ccc([C@H](C)NC(=O)[C@@H]2C[C@@H](O)CN2C(=O)[C@@H](c2cc(N3CCC(CN4CC(c5cc6cc(-c7ccccc7O)nnc6s5)C4)CC3)no2)C(C)C)cc1. The molecule has 318 valence electrons. The van der Waals surface area contributed by atoms with Crippen molar-refractivity contribution in [2.75, 3.05) is 44.2 Å². The summed E-state index contributed by atoms with van der Waals surface area (Å²) in [6.45, 7) is 12.8. The fourth-order valence-corrected chi connectivity index (χ4v) is 11.0. The molecule has 3 saturated heterocycles. The largest absolute Gasteiger partial charge is 0.507 e. The van der Waals surface area contributed by atoms with Gasteiger partial charge in [0, 0.05) is 73.5 Å². The summed E-state index contributed by atoms with van der Waals surface area (Å²) in [5.74, 6) is 1.19. The molecular weight excluding hydrogens is 809 g/mol. The number of hydrogen-bond acceptors (Lipinski definition) is 13. The number of anilines is 1. The maximum Gasteiger partial charge on any atom is 0.243 e. The molecule has 0 unspecified atom stereocenters. The van der Waals surface area contributed by atoms with Crippen LogP contribution in [0.1, 0.15) is 79.8 Å². The van der Waals surface area contributed by atoms with E-state index in [2.05, 4.69) is 41.5 Å². The van der Waals surface area contributed by atoms with Gasteiger partial charge in [-0.05, 0) is 73.9 Å². The van der Waals surface area contributed by atoms with Gasteiger partial charge < -0.3 is 34.8 Å². The Morgan fingerprint density at radius 2 is 1.75 bits per heavy atom. The van der Waals surface area contributed by atoms with Gasteiger partial charge in [-0.25, -0.2) is 4.98 Å². The second-order valence-corrected chi connectivity index (χ2v) is 19.2. The van der Waals surface area contributed by atoms with Gasteiger partial charge in [0.25, 0.3) is 0 Å². The van der Waals surface area contributed by atoms with Crippen molar-refractivity contribution in [2.24, 2.45) is 11.8 Å². The number of fused-ring (bicyclic) bond motifs is 1. The van der Waals surface area contributed by atoms with Gasteiger partial charge in [-0.15, -0.1) is 32.9 Å². The standard InChI is InChI=1S/C46H52N8O5S2/c1-26(2)42(46(58)54-24-34(55)19-37(54)44(57)48-27(3)30-9-11-31(12-10-30)43-28(4)47-25-60-43)39-20-41(51-59-39)53-15-13-29(14-16-53)21-52-22-33(23-52)40-18-32-17-36(49-50-45(32)61-40)35-7-5-6-8-38(35)56/h5-12,17-18,20,25-27,29,33-34,37,42,55-56H,13-16,19,21-24H2,1-4H3,(H,48,57)/t27-,34+,37-,42+/m0/s1. The lowest BCUT2D eigenvalue weighted by Gasteiger charge is -2.42. The molecule has 3 aliphatic heterocycles. The molecular formula is C46H52N8O5S2. The second-order valence-electron chi connectivity index (χ2n) is 17.3. The van der Waals surface area contributed by atoms with Crippen LogP contribution in [-0.4, -0.2) is 104 Å². The maximum atomic E-state index is 14.3. The van der Waals surface area contributed by atoms with Crippen molar-refractivity contribution in [2.45, 2.75) is 77.0 Å². The number of hydrogen-bond donors (Lipinski definition) is 3. The highest BCUT2D eigenvalue weighted by Gasteiger charge is 2.44. The van der Waals surface area contributed by atoms with Crippen molar-refractivity contribution in [3.05, 3.63) is 94.1 Å². The molecule has 6 aromatic rings. The number of phenols is 1. The maximum absolute atomic E-state index is 14.3. The lowest BCUT2D eigenvalue weighted by Crippen LogP contribution is -2.48. The van der Waals surface area contributed by atoms with Crippen molar-refractivity contribution < 1.29 is 24.3 Å². The molecule has 2 aromatic carbocycles. The summed E-state index contributed by atoms with van der Waals surface area (Å²) in [5, 5.41) is 38.5. The number of piperidine rings is 1. The van der Waals surface area contributed by atoms with Crippen LogP contribution < -0.4 is 10.2 Å². The minimum absolute atomic E-state index is 0.0875. The molecule has 9 rings (SSSR count). The van der Waals surface area contributed by atoms with Crippen molar-refractivity contribution in [1.82, 2.24) is 35.5 Å². The number of aromatic hydroxyl groups is 1. The third-order valence-electron chi connectivity index (χ3n) is 12.7. The molecule has 0 radical (unpaired) electrons. The Morgan fingerprint density at radius 3 is 2.48 bits per heavy atom. The third-order valence-corrected chi connectivity index (χ3v) is 14.9. The van der Waals surface area contributed by atoms with E-state index < -0.39 is 18.1 Å². The first-order valence-electron chi connectivity index (χ1n) is 21.3. The van der Waals surface area contributed by atoms with Crippen LogP contribution in [0.25, 0.3) is 31.9 Å². The number of aliphatic hydroxyl groups excluding tert-OH is 1. The molecule has 2 amide bonds. The molecule has 0 aliphatic carbocycles. The number of likely N-dealkylation sites (tertiary alicyclic amines) is 2. The molecule has 0 bridgehead atoms. The Morgan fingerprint density at radius 1 is 0.984 bits per heavy atom. The number of phenolic OH excluding ortho intramolecular Hbond substituents is 1. The average molecular weight is 861 g/mol. The molecule has 4 atom stereocenters. The summed E-state index contributed by atoms with van der Waals surface area (Å²) in [6.07, 6.45) is 1.46. The topological polar surface area (TPSA) is 161 Å². The van der Waals surface area contributed by atoms with Gasteiger partial charge in [0.05, 0.1) is 33.9 Å². The molecule has 3 fully saturated rings. The first-order valence-corrected chi connectivity index (χ1v) is 23.0. The molecule has 0 spiro atoms. The average Bonchev–Trinajstić information content (AvgIpc) is 4.06. The van der Waals surface area contributed by atoms with Gasteiger partial charge in [0.15, 0.2) is 11.6 Å². The first-order chi connectivity index (χ1) is 29.5. The highest BCUT2D eigenvalue weighted by Crippen LogP contribution is 2.39. The number of thiazole rings is 1. The quantitative estimate of drug-likeness (QED) is 0.113. The number of aliphatic hydroxyl groups is 1. The number of rotatable bonds is 12. The summed E-state index contributed by atoms with van der Waals surface area (Å²) in [6, 6.07) is 20.4. The van der Waals surface area contributed by atoms with Crippen molar-refractivity contribution in [3.63, 3.8) is 0 Å². The predicted octanol–water partition coefficient (Wildman–Crippen LogP) is 7.38. The minimum Gasteiger partial charge on any atom is -0.507 e. The van der Waals surface area contributed by atoms with Crippen LogP contribution >= 0.6 is 22.7 Å². The molecule has 15 heteroatoms. The van der Waals surface area contributed by atoms with Crippen LogP contribution in [0.4, 0.5) is 5.82 Å². The number of nitrogens with one attached hydrogen (secondary N) is 1. The Labute approximate surface area is 363 Å². The lowest BCUT2D eigenvalue weighted by atomic mass is 9.90. The van der Waals surface area contributed by atoms with Crippen molar-refractivity contribution >= 4 is 50.5 Å². The molecule has 0 saturated carbocycles. The number of para-hydroxylation sites is 1. The zero-order chi connectivity index (χ0) is 42.4. The highest BCUT2D eigenvalue weighted by molar-refractivity contribution is 7.18. The highest BCUT2D eigenvalue weighted by atomic mass is 32.1. The molecule has 4 aromatic heterocycles. The number of amides is 2. The third kappa shape index (κ3) is 8.53. The lowest BCUT2D eigenvalue weighted by molar-refractivity contribution is -0.141. The fraction of sp³-hybridized carbons (Fsp3) is 0.435. The molecule has 7 heterocycles. The van der Waals surface area contributed by atoms with E-state index >= 15 is 0 Å². The zero-order valence-corrected chi connectivity index (χ0v) is 36.5. The summed E-state index contributed by atoms with van der Waals surface area (Å²) < 4.78 is 5.91. The van der Waals surface area contributed by atoms with Gasteiger partial charge in [-0.1, -0.05) is 55.4 Å². The van der Waals surface area contributed by atoms with Gasteiger partial charge in [0.2, 0.25) is 11.8 Å². The smallest absolute Gasteiger partial charge is 0.243 e. The zero-order valence-electron chi connectivity index (χ0n) is 34.9. The van der Waals surface area contributed by atoms with Gasteiger partial charge >= 0.3 is 0 Å². The number of benzene rings is 2. The number of aryl methyl sites for hydroxylation is 1. The summed E-state index contributed by atoms with van der Waals surface area (Å²) >= 11 is 3.31. The molecule has 3 N–H and O–H groups in total. The Bertz CT molecular complexity index is 2500. The van der Waals surface area contributed by atoms with E-state index in [0.29, 0.717) is 28.9 Å². The summed E-state index contributed by atoms with van der Waals surface area (Å²) in [4.78, 5) is 42.1. The molecule has 13 nitrogen and oxygen atoms in total. The van der Waals surface area contributed by atoms with E-state index in [4.69, 9.17) is 4.52 Å². The van der Waals surface area contributed by atoms with Gasteiger partial charge in [-0.2, -0.15) is 0 Å². The Hall–Kier alpha value is -5.22. The Kier molecular flexibility index (Phi) is 11.7. The minimum atomic E-state index is -0.796. The number of carbonyl (C=O) groups is 2. The number of carbonyl (C=O) groups excluding carboxylic acids is 2. The number of thiophene rings is 1. The van der Waals surface area contributed by atoms with Crippen LogP contribution in [0.3, 0.4) is 0 Å².